The average Bonchev–Trinajstić information content (AvgIpc) is 2.88. The summed E-state index contributed by atoms with van der Waals surface area (Å²) in [6.45, 7) is 3.70. The molecule has 98 valence electrons. The van der Waals surface area contributed by atoms with Crippen LogP contribution in [0.15, 0.2) is 29.2 Å². The summed E-state index contributed by atoms with van der Waals surface area (Å²) in [4.78, 5) is 14.5. The molecule has 0 spiro atoms. The van der Waals surface area contributed by atoms with E-state index >= 15 is 0 Å². The number of carboxylic acids is 1. The number of thioether (sulfide) groups is 1. The van der Waals surface area contributed by atoms with Crippen molar-refractivity contribution >= 4 is 17.7 Å². The van der Waals surface area contributed by atoms with Crippen molar-refractivity contribution < 1.29 is 9.90 Å². The fraction of sp³-hybridized carbons (Fsp3) is 0.500. The minimum absolute atomic E-state index is 0.196. The number of rotatable bonds is 4. The van der Waals surface area contributed by atoms with Crippen LogP contribution in [0.1, 0.15) is 24.9 Å². The van der Waals surface area contributed by atoms with Gasteiger partial charge in [0.1, 0.15) is 0 Å². The molecule has 4 heteroatoms. The molecule has 0 aliphatic carbocycles. The van der Waals surface area contributed by atoms with Crippen LogP contribution in [0.5, 0.6) is 0 Å². The predicted molar refractivity (Wildman–Crippen MR) is 74.0 cm³/mol. The molecular weight excluding hydrogens is 246 g/mol. The lowest BCUT2D eigenvalue weighted by Gasteiger charge is -2.24. The second kappa shape index (κ2) is 5.76. The van der Waals surface area contributed by atoms with E-state index in [1.165, 1.54) is 10.5 Å². The molecule has 2 atom stereocenters. The van der Waals surface area contributed by atoms with Crippen LogP contribution in [-0.4, -0.2) is 35.3 Å². The number of benzene rings is 1. The highest BCUT2D eigenvalue weighted by atomic mass is 32.2. The highest BCUT2D eigenvalue weighted by Crippen LogP contribution is 2.28. The number of likely N-dealkylation sites (tertiary alicyclic amines) is 1. The molecule has 0 saturated carbocycles. The molecule has 0 radical (unpaired) electrons. The maximum atomic E-state index is 11.0. The highest BCUT2D eigenvalue weighted by molar-refractivity contribution is 7.98. The molecule has 3 nitrogen and oxygen atoms in total. The van der Waals surface area contributed by atoms with Gasteiger partial charge in [0.15, 0.2) is 0 Å². The van der Waals surface area contributed by atoms with Gasteiger partial charge < -0.3 is 5.11 Å². The Morgan fingerprint density at radius 3 is 2.61 bits per heavy atom. The molecule has 1 aromatic rings. The van der Waals surface area contributed by atoms with Gasteiger partial charge in [-0.3, -0.25) is 9.69 Å². The Morgan fingerprint density at radius 2 is 2.11 bits per heavy atom. The van der Waals surface area contributed by atoms with Crippen LogP contribution < -0.4 is 0 Å². The van der Waals surface area contributed by atoms with Gasteiger partial charge in [-0.05, 0) is 43.8 Å². The number of nitrogens with zero attached hydrogens (tertiary/aromatic N) is 1. The Morgan fingerprint density at radius 1 is 1.44 bits per heavy atom. The summed E-state index contributed by atoms with van der Waals surface area (Å²) >= 11 is 1.73. The van der Waals surface area contributed by atoms with E-state index in [1.807, 2.05) is 0 Å². The van der Waals surface area contributed by atoms with E-state index < -0.39 is 5.97 Å². The zero-order valence-corrected chi connectivity index (χ0v) is 11.6. The number of carboxylic acid groups (broad SMARTS) is 1. The van der Waals surface area contributed by atoms with E-state index in [1.54, 1.807) is 11.8 Å². The zero-order chi connectivity index (χ0) is 13.1. The van der Waals surface area contributed by atoms with Crippen molar-refractivity contribution in [1.29, 1.82) is 0 Å². The largest absolute Gasteiger partial charge is 0.481 e. The van der Waals surface area contributed by atoms with Gasteiger partial charge in [-0.1, -0.05) is 12.1 Å². The van der Waals surface area contributed by atoms with Crippen LogP contribution >= 0.6 is 11.8 Å². The van der Waals surface area contributed by atoms with Crippen molar-refractivity contribution in [2.24, 2.45) is 5.92 Å². The molecule has 1 saturated heterocycles. The SMILES string of the molecule is CSc1ccc(C(C)N2CCC(C(=O)O)C2)cc1. The topological polar surface area (TPSA) is 40.5 Å². The van der Waals surface area contributed by atoms with Crippen LogP contribution in [0.2, 0.25) is 0 Å². The lowest BCUT2D eigenvalue weighted by atomic mass is 10.1. The second-order valence-corrected chi connectivity index (χ2v) is 5.65. The lowest BCUT2D eigenvalue weighted by Crippen LogP contribution is -2.26. The minimum Gasteiger partial charge on any atom is -0.481 e. The molecule has 1 fully saturated rings. The molecule has 1 heterocycles. The third kappa shape index (κ3) is 2.87. The number of carbonyl (C=O) groups is 1. The number of hydrogen-bond donors (Lipinski definition) is 1. The molecule has 1 N–H and O–H groups in total. The summed E-state index contributed by atoms with van der Waals surface area (Å²) in [6.07, 6.45) is 2.83. The molecule has 1 aliphatic heterocycles. The number of hydrogen-bond acceptors (Lipinski definition) is 3. The molecule has 2 unspecified atom stereocenters. The van der Waals surface area contributed by atoms with Gasteiger partial charge in [-0.25, -0.2) is 0 Å². The maximum Gasteiger partial charge on any atom is 0.307 e. The second-order valence-electron chi connectivity index (χ2n) is 4.77. The van der Waals surface area contributed by atoms with Crippen LogP contribution in [0.4, 0.5) is 0 Å². The molecule has 0 amide bonds. The number of aliphatic carboxylic acids is 1. The molecular formula is C14H19NO2S. The molecule has 2 rings (SSSR count). The molecule has 0 bridgehead atoms. The van der Waals surface area contributed by atoms with Gasteiger partial charge in [0.05, 0.1) is 5.92 Å². The minimum atomic E-state index is -0.664. The third-order valence-corrected chi connectivity index (χ3v) is 4.46. The first kappa shape index (κ1) is 13.4. The van der Waals surface area contributed by atoms with Gasteiger partial charge in [0.2, 0.25) is 0 Å². The van der Waals surface area contributed by atoms with Crippen molar-refractivity contribution in [2.45, 2.75) is 24.3 Å². The summed E-state index contributed by atoms with van der Waals surface area (Å²) in [5.41, 5.74) is 1.26. The Balaban J connectivity index is 2.02. The smallest absolute Gasteiger partial charge is 0.307 e. The van der Waals surface area contributed by atoms with E-state index in [9.17, 15) is 4.79 Å². The van der Waals surface area contributed by atoms with Crippen molar-refractivity contribution in [2.75, 3.05) is 19.3 Å². The Kier molecular flexibility index (Phi) is 4.30. The Bertz CT molecular complexity index is 418. The fourth-order valence-electron chi connectivity index (χ4n) is 2.43. The summed E-state index contributed by atoms with van der Waals surface area (Å²) in [7, 11) is 0. The van der Waals surface area contributed by atoms with Crippen LogP contribution in [0, 0.1) is 5.92 Å². The normalized spacial score (nSPS) is 22.0. The van der Waals surface area contributed by atoms with Crippen LogP contribution in [-0.2, 0) is 4.79 Å². The fourth-order valence-corrected chi connectivity index (χ4v) is 2.84. The summed E-state index contributed by atoms with van der Waals surface area (Å²) in [6, 6.07) is 8.84. The van der Waals surface area contributed by atoms with Crippen molar-refractivity contribution in [3.8, 4) is 0 Å². The van der Waals surface area contributed by atoms with Crippen molar-refractivity contribution in [3.05, 3.63) is 29.8 Å². The highest BCUT2D eigenvalue weighted by Gasteiger charge is 2.30. The standard InChI is InChI=1S/C14H19NO2S/c1-10(11-3-5-13(18-2)6-4-11)15-8-7-12(9-15)14(16)17/h3-6,10,12H,7-9H2,1-2H3,(H,16,17). The first-order valence-electron chi connectivity index (χ1n) is 6.22. The molecule has 18 heavy (non-hydrogen) atoms. The van der Waals surface area contributed by atoms with Crippen LogP contribution in [0.25, 0.3) is 0 Å². The Hall–Kier alpha value is -1.00. The van der Waals surface area contributed by atoms with Gasteiger partial charge >= 0.3 is 5.97 Å². The first-order valence-corrected chi connectivity index (χ1v) is 7.45. The van der Waals surface area contributed by atoms with Crippen LogP contribution in [0.3, 0.4) is 0 Å². The summed E-state index contributed by atoms with van der Waals surface area (Å²) < 4.78 is 0. The zero-order valence-electron chi connectivity index (χ0n) is 10.8. The third-order valence-electron chi connectivity index (χ3n) is 3.71. The Labute approximate surface area is 112 Å². The van der Waals surface area contributed by atoms with E-state index in [0.29, 0.717) is 12.6 Å². The molecule has 1 aliphatic rings. The van der Waals surface area contributed by atoms with E-state index in [2.05, 4.69) is 42.3 Å². The van der Waals surface area contributed by atoms with Gasteiger partial charge in [0, 0.05) is 17.5 Å². The average molecular weight is 265 g/mol. The van der Waals surface area contributed by atoms with Gasteiger partial charge in [0.25, 0.3) is 0 Å². The van der Waals surface area contributed by atoms with Crippen molar-refractivity contribution in [3.63, 3.8) is 0 Å². The molecule has 1 aromatic carbocycles. The van der Waals surface area contributed by atoms with Gasteiger partial charge in [-0.2, -0.15) is 0 Å². The summed E-state index contributed by atoms with van der Waals surface area (Å²) in [5.74, 6) is -0.861. The summed E-state index contributed by atoms with van der Waals surface area (Å²) in [5, 5.41) is 9.02. The van der Waals surface area contributed by atoms with E-state index in [4.69, 9.17) is 5.11 Å². The van der Waals surface area contributed by atoms with E-state index in [0.717, 1.165) is 13.0 Å². The lowest BCUT2D eigenvalue weighted by molar-refractivity contribution is -0.141. The predicted octanol–water partition coefficient (Wildman–Crippen LogP) is 2.88. The first-order chi connectivity index (χ1) is 8.61. The maximum absolute atomic E-state index is 11.0. The van der Waals surface area contributed by atoms with E-state index in [-0.39, 0.29) is 5.92 Å². The van der Waals surface area contributed by atoms with Gasteiger partial charge in [-0.15, -0.1) is 11.8 Å². The monoisotopic (exact) mass is 265 g/mol. The quantitative estimate of drug-likeness (QED) is 0.850. The molecule has 0 aromatic heterocycles. The van der Waals surface area contributed by atoms with Crippen molar-refractivity contribution in [1.82, 2.24) is 4.90 Å².